The van der Waals surface area contributed by atoms with Crippen molar-refractivity contribution in [3.8, 4) is 0 Å². The summed E-state index contributed by atoms with van der Waals surface area (Å²) < 4.78 is 0.686. The van der Waals surface area contributed by atoms with Crippen LogP contribution in [0.4, 0.5) is 0 Å². The van der Waals surface area contributed by atoms with Crippen molar-refractivity contribution in [2.75, 3.05) is 5.75 Å². The van der Waals surface area contributed by atoms with E-state index in [9.17, 15) is 14.8 Å². The molecule has 0 spiro atoms. The van der Waals surface area contributed by atoms with Crippen molar-refractivity contribution in [1.29, 1.82) is 0 Å². The third-order valence-electron chi connectivity index (χ3n) is 3.08. The topological polar surface area (TPSA) is 85.1 Å². The molecule has 0 bridgehead atoms. The number of thioether (sulfide) groups is 1. The second-order valence-electron chi connectivity index (χ2n) is 4.71. The van der Waals surface area contributed by atoms with Gasteiger partial charge in [0.05, 0.1) is 5.75 Å². The average molecular weight is 331 g/mol. The number of hydrogen-bond donors (Lipinski definition) is 2. The molecule has 0 atom stereocenters. The van der Waals surface area contributed by atoms with E-state index >= 15 is 0 Å². The normalized spacial score (nSPS) is 10.1. The van der Waals surface area contributed by atoms with E-state index in [4.69, 9.17) is 0 Å². The third-order valence-corrected chi connectivity index (χ3v) is 4.10. The number of pyridine rings is 1. The number of rotatable bonds is 5. The first-order valence-electron chi connectivity index (χ1n) is 7.09. The zero-order valence-electron chi connectivity index (χ0n) is 12.6. The molecule has 1 aromatic heterocycles. The molecule has 0 aliphatic carbocycles. The summed E-state index contributed by atoms with van der Waals surface area (Å²) in [5.41, 5.74) is 6.28. The first-order chi connectivity index (χ1) is 11.1. The number of nitrogens with zero attached hydrogens (tertiary/aromatic N) is 1. The summed E-state index contributed by atoms with van der Waals surface area (Å²) in [6.07, 6.45) is 2.26. The van der Waals surface area contributed by atoms with Gasteiger partial charge >= 0.3 is 0 Å². The lowest BCUT2D eigenvalue weighted by Gasteiger charge is -2.07. The number of aryl methyl sites for hydroxylation is 1. The molecule has 120 valence electrons. The maximum absolute atomic E-state index is 11.9. The SMILES string of the molecule is CCc1ccc(C(=O)NNC(=O)CSc2cccc[n+]2[O-])cc1. The van der Waals surface area contributed by atoms with E-state index in [-0.39, 0.29) is 11.7 Å². The maximum Gasteiger partial charge on any atom is 0.269 e. The maximum atomic E-state index is 11.9. The van der Waals surface area contributed by atoms with Gasteiger partial charge in [-0.3, -0.25) is 20.4 Å². The first-order valence-corrected chi connectivity index (χ1v) is 8.08. The van der Waals surface area contributed by atoms with Crippen molar-refractivity contribution in [2.45, 2.75) is 18.4 Å². The minimum Gasteiger partial charge on any atom is -0.618 e. The molecule has 0 aliphatic heterocycles. The van der Waals surface area contributed by atoms with Gasteiger partial charge in [-0.1, -0.05) is 19.1 Å². The van der Waals surface area contributed by atoms with Gasteiger partial charge in [-0.25, -0.2) is 0 Å². The minimum atomic E-state index is -0.391. The number of nitrogens with one attached hydrogen (secondary N) is 2. The Bertz CT molecular complexity index is 689. The number of carbonyl (C=O) groups is 2. The summed E-state index contributed by atoms with van der Waals surface area (Å²) in [6, 6.07) is 12.1. The van der Waals surface area contributed by atoms with Crippen LogP contribution in [0.3, 0.4) is 0 Å². The summed E-state index contributed by atoms with van der Waals surface area (Å²) in [6.45, 7) is 2.03. The highest BCUT2D eigenvalue weighted by atomic mass is 32.2. The van der Waals surface area contributed by atoms with Crippen LogP contribution in [0.1, 0.15) is 22.8 Å². The molecule has 1 heterocycles. The third kappa shape index (κ3) is 5.00. The highest BCUT2D eigenvalue weighted by molar-refractivity contribution is 7.99. The Labute approximate surface area is 138 Å². The summed E-state index contributed by atoms with van der Waals surface area (Å²) in [4.78, 5) is 23.6. The predicted octanol–water partition coefficient (Wildman–Crippen LogP) is 1.44. The van der Waals surface area contributed by atoms with Gasteiger partial charge in [-0.15, -0.1) is 0 Å². The molecule has 0 fully saturated rings. The Kier molecular flexibility index (Phi) is 5.99. The smallest absolute Gasteiger partial charge is 0.269 e. The number of carbonyl (C=O) groups excluding carboxylic acids is 2. The summed E-state index contributed by atoms with van der Waals surface area (Å²) in [7, 11) is 0. The molecule has 2 amide bonds. The van der Waals surface area contributed by atoms with Crippen molar-refractivity contribution in [3.05, 3.63) is 65.0 Å². The fraction of sp³-hybridized carbons (Fsp3) is 0.188. The first kappa shape index (κ1) is 16.8. The molecule has 0 radical (unpaired) electrons. The molecule has 23 heavy (non-hydrogen) atoms. The van der Waals surface area contributed by atoms with Crippen molar-refractivity contribution < 1.29 is 14.3 Å². The quantitative estimate of drug-likeness (QED) is 0.376. The largest absolute Gasteiger partial charge is 0.618 e. The van der Waals surface area contributed by atoms with E-state index < -0.39 is 5.91 Å². The van der Waals surface area contributed by atoms with Gasteiger partial charge in [0.1, 0.15) is 0 Å². The molecule has 0 aliphatic rings. The van der Waals surface area contributed by atoms with Gasteiger partial charge in [0.15, 0.2) is 6.20 Å². The molecule has 0 saturated heterocycles. The van der Waals surface area contributed by atoms with Crippen LogP contribution in [0, 0.1) is 5.21 Å². The lowest BCUT2D eigenvalue weighted by Crippen LogP contribution is -2.42. The van der Waals surface area contributed by atoms with Crippen LogP contribution in [-0.4, -0.2) is 17.6 Å². The molecule has 0 saturated carbocycles. The Balaban J connectivity index is 1.79. The highest BCUT2D eigenvalue weighted by Crippen LogP contribution is 2.11. The van der Waals surface area contributed by atoms with Gasteiger partial charge in [0.25, 0.3) is 10.9 Å². The molecule has 0 unspecified atom stereocenters. The van der Waals surface area contributed by atoms with E-state index in [1.807, 2.05) is 19.1 Å². The Morgan fingerprint density at radius 3 is 2.52 bits per heavy atom. The van der Waals surface area contributed by atoms with Crippen LogP contribution < -0.4 is 15.6 Å². The van der Waals surface area contributed by atoms with Gasteiger partial charge in [0.2, 0.25) is 5.91 Å². The lowest BCUT2D eigenvalue weighted by molar-refractivity contribution is -0.645. The molecule has 6 nitrogen and oxygen atoms in total. The van der Waals surface area contributed by atoms with Gasteiger partial charge in [0, 0.05) is 17.7 Å². The average Bonchev–Trinajstić information content (AvgIpc) is 2.59. The fourth-order valence-corrected chi connectivity index (χ4v) is 2.50. The van der Waals surface area contributed by atoms with E-state index in [2.05, 4.69) is 10.9 Å². The van der Waals surface area contributed by atoms with Crippen molar-refractivity contribution in [3.63, 3.8) is 0 Å². The van der Waals surface area contributed by atoms with E-state index in [1.165, 1.54) is 6.20 Å². The van der Waals surface area contributed by atoms with Crippen molar-refractivity contribution >= 4 is 23.6 Å². The Morgan fingerprint density at radius 2 is 1.87 bits per heavy atom. The molecule has 1 aromatic carbocycles. The molecule has 2 rings (SSSR count). The number of benzene rings is 1. The van der Waals surface area contributed by atoms with Crippen molar-refractivity contribution in [1.82, 2.24) is 10.9 Å². The number of hydrazine groups is 1. The molecule has 2 N–H and O–H groups in total. The van der Waals surface area contributed by atoms with Gasteiger partial charge in [-0.05, 0) is 41.9 Å². The zero-order valence-corrected chi connectivity index (χ0v) is 13.4. The Hall–Kier alpha value is -2.54. The van der Waals surface area contributed by atoms with E-state index in [0.717, 1.165) is 23.7 Å². The zero-order chi connectivity index (χ0) is 16.7. The molecular formula is C16H17N3O3S. The number of hydrogen-bond acceptors (Lipinski definition) is 4. The number of aromatic nitrogens is 1. The minimum absolute atomic E-state index is 0.0291. The van der Waals surface area contributed by atoms with Gasteiger partial charge in [-0.2, -0.15) is 4.73 Å². The fourth-order valence-electron chi connectivity index (χ4n) is 1.79. The summed E-state index contributed by atoms with van der Waals surface area (Å²) in [5, 5.41) is 11.8. The Morgan fingerprint density at radius 1 is 1.13 bits per heavy atom. The predicted molar refractivity (Wildman–Crippen MR) is 87.6 cm³/mol. The lowest BCUT2D eigenvalue weighted by atomic mass is 10.1. The standard InChI is InChI=1S/C16H17N3O3S/c1-2-12-6-8-13(9-7-12)16(21)18-17-14(20)11-23-15-5-3-4-10-19(15)22/h3-10H,2,11H2,1H3,(H,17,20)(H,18,21). The highest BCUT2D eigenvalue weighted by Gasteiger charge is 2.10. The van der Waals surface area contributed by atoms with Crippen LogP contribution in [0.15, 0.2) is 53.7 Å². The van der Waals surface area contributed by atoms with Crippen LogP contribution in [0.2, 0.25) is 0 Å². The summed E-state index contributed by atoms with van der Waals surface area (Å²) >= 11 is 1.09. The van der Waals surface area contributed by atoms with Crippen LogP contribution in [0.25, 0.3) is 0 Å². The summed E-state index contributed by atoms with van der Waals surface area (Å²) in [5.74, 6) is -0.747. The van der Waals surface area contributed by atoms with Crippen molar-refractivity contribution in [2.24, 2.45) is 0 Å². The van der Waals surface area contributed by atoms with Gasteiger partial charge < -0.3 is 5.21 Å². The van der Waals surface area contributed by atoms with Crippen LogP contribution >= 0.6 is 11.8 Å². The van der Waals surface area contributed by atoms with Crippen LogP contribution in [-0.2, 0) is 11.2 Å². The molecular weight excluding hydrogens is 314 g/mol. The monoisotopic (exact) mass is 331 g/mol. The van der Waals surface area contributed by atoms with E-state index in [1.54, 1.807) is 30.3 Å². The van der Waals surface area contributed by atoms with Crippen LogP contribution in [0.5, 0.6) is 0 Å². The van der Waals surface area contributed by atoms with E-state index in [0.29, 0.717) is 15.3 Å². The number of amides is 2. The second kappa shape index (κ2) is 8.19. The molecule has 7 heteroatoms. The molecule has 2 aromatic rings. The second-order valence-corrected chi connectivity index (χ2v) is 5.70.